The van der Waals surface area contributed by atoms with Crippen LogP contribution < -0.4 is 10.6 Å². The van der Waals surface area contributed by atoms with Crippen LogP contribution in [0, 0.1) is 5.92 Å². The van der Waals surface area contributed by atoms with Gasteiger partial charge in [-0.25, -0.2) is 4.79 Å². The summed E-state index contributed by atoms with van der Waals surface area (Å²) in [6, 6.07) is 5.96. The van der Waals surface area contributed by atoms with E-state index in [1.54, 1.807) is 45.0 Å². The van der Waals surface area contributed by atoms with Crippen LogP contribution in [-0.2, 0) is 14.3 Å². The molecule has 0 saturated heterocycles. The van der Waals surface area contributed by atoms with E-state index in [4.69, 9.17) is 4.74 Å². The minimum atomic E-state index is -0.914. The van der Waals surface area contributed by atoms with Crippen molar-refractivity contribution in [3.05, 3.63) is 34.3 Å². The highest BCUT2D eigenvalue weighted by atomic mass is 79.9. The molecule has 0 heterocycles. The molecule has 2 amide bonds. The van der Waals surface area contributed by atoms with Crippen LogP contribution in [0.3, 0.4) is 0 Å². The van der Waals surface area contributed by atoms with Crippen molar-refractivity contribution in [3.63, 3.8) is 0 Å². The van der Waals surface area contributed by atoms with E-state index >= 15 is 0 Å². The smallest absolute Gasteiger partial charge is 0.329 e. The van der Waals surface area contributed by atoms with E-state index in [1.165, 1.54) is 6.92 Å². The summed E-state index contributed by atoms with van der Waals surface area (Å²) in [6.07, 6.45) is -0.914. The van der Waals surface area contributed by atoms with Gasteiger partial charge in [-0.3, -0.25) is 9.59 Å². The molecule has 0 radical (unpaired) electrons. The van der Waals surface area contributed by atoms with Crippen LogP contribution in [0.1, 0.15) is 38.1 Å². The molecule has 1 aromatic rings. The molecule has 1 rings (SSSR count). The number of carbonyl (C=O) groups is 3. The predicted octanol–water partition coefficient (Wildman–Crippen LogP) is 2.27. The van der Waals surface area contributed by atoms with Gasteiger partial charge in [0.25, 0.3) is 11.8 Å². The molecule has 0 unspecified atom stereocenters. The van der Waals surface area contributed by atoms with Crippen molar-refractivity contribution in [2.45, 2.75) is 39.8 Å². The molecular weight excluding hydrogens is 376 g/mol. The third-order valence-corrected chi connectivity index (χ3v) is 3.86. The highest BCUT2D eigenvalue weighted by Crippen LogP contribution is 2.12. The molecule has 2 atom stereocenters. The van der Waals surface area contributed by atoms with Gasteiger partial charge in [-0.1, -0.05) is 29.8 Å². The van der Waals surface area contributed by atoms with Gasteiger partial charge >= 0.3 is 5.97 Å². The second-order valence-electron chi connectivity index (χ2n) is 5.68. The predicted molar refractivity (Wildman–Crippen MR) is 94.5 cm³/mol. The lowest BCUT2D eigenvalue weighted by Gasteiger charge is -2.23. The largest absolute Gasteiger partial charge is 0.451 e. The average molecular weight is 399 g/mol. The molecule has 0 aliphatic carbocycles. The molecule has 0 aliphatic heterocycles. The summed E-state index contributed by atoms with van der Waals surface area (Å²) in [5.74, 6) is -1.55. The number of hydrogen-bond donors (Lipinski definition) is 2. The topological polar surface area (TPSA) is 84.5 Å². The fraction of sp³-hybridized carbons (Fsp3) is 0.471. The van der Waals surface area contributed by atoms with Gasteiger partial charge in [0.1, 0.15) is 6.04 Å². The Bertz CT molecular complexity index is 587. The first-order chi connectivity index (χ1) is 11.3. The Morgan fingerprint density at radius 1 is 1.12 bits per heavy atom. The fourth-order valence-corrected chi connectivity index (χ4v) is 2.21. The van der Waals surface area contributed by atoms with Crippen LogP contribution >= 0.6 is 15.9 Å². The van der Waals surface area contributed by atoms with E-state index in [0.717, 1.165) is 4.47 Å². The molecule has 7 heteroatoms. The second-order valence-corrected chi connectivity index (χ2v) is 6.59. The van der Waals surface area contributed by atoms with Crippen LogP contribution in [0.15, 0.2) is 28.7 Å². The van der Waals surface area contributed by atoms with Crippen molar-refractivity contribution in [1.29, 1.82) is 0 Å². The van der Waals surface area contributed by atoms with Crippen molar-refractivity contribution in [1.82, 2.24) is 10.6 Å². The maximum atomic E-state index is 12.3. The summed E-state index contributed by atoms with van der Waals surface area (Å²) in [6.45, 7) is 7.32. The number of benzene rings is 1. The number of rotatable bonds is 7. The number of carbonyl (C=O) groups excluding carboxylic acids is 3. The Morgan fingerprint density at radius 3 is 2.21 bits per heavy atom. The van der Waals surface area contributed by atoms with Gasteiger partial charge in [-0.15, -0.1) is 0 Å². The first-order valence-corrected chi connectivity index (χ1v) is 8.60. The van der Waals surface area contributed by atoms with Crippen molar-refractivity contribution >= 4 is 33.7 Å². The van der Waals surface area contributed by atoms with Crippen LogP contribution in [0.2, 0.25) is 0 Å². The number of likely N-dealkylation sites (N-methyl/N-ethyl adjacent to an activating group) is 1. The monoisotopic (exact) mass is 398 g/mol. The molecule has 0 aliphatic rings. The Balaban J connectivity index is 2.75. The fourth-order valence-electron chi connectivity index (χ4n) is 1.94. The van der Waals surface area contributed by atoms with Gasteiger partial charge < -0.3 is 15.4 Å². The summed E-state index contributed by atoms with van der Waals surface area (Å²) >= 11 is 3.30. The van der Waals surface area contributed by atoms with E-state index in [0.29, 0.717) is 12.1 Å². The molecular formula is C17H23BrN2O4. The molecule has 0 bridgehead atoms. The SMILES string of the molecule is CCNC(=O)[C@@H](C)OC(=O)[C@@H](NC(=O)c1ccc(Br)cc1)C(C)C. The lowest BCUT2D eigenvalue weighted by atomic mass is 10.0. The van der Waals surface area contributed by atoms with Crippen LogP contribution in [0.25, 0.3) is 0 Å². The summed E-state index contributed by atoms with van der Waals surface area (Å²) in [7, 11) is 0. The zero-order valence-electron chi connectivity index (χ0n) is 14.3. The molecule has 0 aromatic heterocycles. The number of amides is 2. The number of halogens is 1. The van der Waals surface area contributed by atoms with E-state index in [2.05, 4.69) is 26.6 Å². The number of ether oxygens (including phenoxy) is 1. The highest BCUT2D eigenvalue weighted by Gasteiger charge is 2.29. The quantitative estimate of drug-likeness (QED) is 0.689. The maximum absolute atomic E-state index is 12.3. The van der Waals surface area contributed by atoms with Crippen molar-refractivity contribution in [3.8, 4) is 0 Å². The second kappa shape index (κ2) is 9.42. The van der Waals surface area contributed by atoms with Crippen LogP contribution in [-0.4, -0.2) is 36.5 Å². The third kappa shape index (κ3) is 5.96. The lowest BCUT2D eigenvalue weighted by Crippen LogP contribution is -2.47. The Labute approximate surface area is 150 Å². The Kier molecular flexibility index (Phi) is 7.91. The number of hydrogen-bond acceptors (Lipinski definition) is 4. The molecule has 1 aromatic carbocycles. The molecule has 0 spiro atoms. The number of esters is 1. The van der Waals surface area contributed by atoms with Crippen molar-refractivity contribution in [2.75, 3.05) is 6.54 Å². The molecule has 0 saturated carbocycles. The first kappa shape index (κ1) is 20.2. The molecule has 2 N–H and O–H groups in total. The maximum Gasteiger partial charge on any atom is 0.329 e. The van der Waals surface area contributed by atoms with Gasteiger partial charge in [-0.05, 0) is 44.0 Å². The normalized spacial score (nSPS) is 13.1. The van der Waals surface area contributed by atoms with E-state index in [-0.39, 0.29) is 17.7 Å². The molecule has 132 valence electrons. The van der Waals surface area contributed by atoms with Gasteiger partial charge in [0.05, 0.1) is 0 Å². The van der Waals surface area contributed by atoms with Crippen LogP contribution in [0.5, 0.6) is 0 Å². The van der Waals surface area contributed by atoms with E-state index < -0.39 is 18.1 Å². The highest BCUT2D eigenvalue weighted by molar-refractivity contribution is 9.10. The Morgan fingerprint density at radius 2 is 1.71 bits per heavy atom. The van der Waals surface area contributed by atoms with E-state index in [1.807, 2.05) is 0 Å². The zero-order valence-corrected chi connectivity index (χ0v) is 15.8. The standard InChI is InChI=1S/C17H23BrN2O4/c1-5-19-15(21)11(4)24-17(23)14(10(2)3)20-16(22)12-6-8-13(18)9-7-12/h6-11,14H,5H2,1-4H3,(H,19,21)(H,20,22)/t11-,14+/m1/s1. The van der Waals surface area contributed by atoms with Gasteiger partial charge in [0.15, 0.2) is 6.10 Å². The summed E-state index contributed by atoms with van der Waals surface area (Å²) in [5.41, 5.74) is 0.438. The summed E-state index contributed by atoms with van der Waals surface area (Å²) < 4.78 is 6.03. The van der Waals surface area contributed by atoms with E-state index in [9.17, 15) is 14.4 Å². The van der Waals surface area contributed by atoms with Crippen LogP contribution in [0.4, 0.5) is 0 Å². The number of nitrogens with one attached hydrogen (secondary N) is 2. The Hall–Kier alpha value is -1.89. The van der Waals surface area contributed by atoms with Gasteiger partial charge in [0.2, 0.25) is 0 Å². The summed E-state index contributed by atoms with van der Waals surface area (Å²) in [5, 5.41) is 5.25. The average Bonchev–Trinajstić information content (AvgIpc) is 2.52. The lowest BCUT2D eigenvalue weighted by molar-refractivity contribution is -0.157. The van der Waals surface area contributed by atoms with Gasteiger partial charge in [0, 0.05) is 16.6 Å². The molecule has 6 nitrogen and oxygen atoms in total. The van der Waals surface area contributed by atoms with Crippen molar-refractivity contribution < 1.29 is 19.1 Å². The third-order valence-electron chi connectivity index (χ3n) is 3.33. The van der Waals surface area contributed by atoms with Gasteiger partial charge in [-0.2, -0.15) is 0 Å². The minimum Gasteiger partial charge on any atom is -0.451 e. The molecule has 24 heavy (non-hydrogen) atoms. The minimum absolute atomic E-state index is 0.182. The molecule has 0 fully saturated rings. The first-order valence-electron chi connectivity index (χ1n) is 7.80. The zero-order chi connectivity index (χ0) is 18.3. The summed E-state index contributed by atoms with van der Waals surface area (Å²) in [4.78, 5) is 36.3. The van der Waals surface area contributed by atoms with Crippen molar-refractivity contribution in [2.24, 2.45) is 5.92 Å².